The van der Waals surface area contributed by atoms with Crippen LogP contribution in [0.1, 0.15) is 17.2 Å². The van der Waals surface area contributed by atoms with Crippen LogP contribution in [0.3, 0.4) is 0 Å². The van der Waals surface area contributed by atoms with Crippen molar-refractivity contribution in [2.45, 2.75) is 12.5 Å². The maximum atomic E-state index is 13.8. The van der Waals surface area contributed by atoms with Gasteiger partial charge in [-0.2, -0.15) is 0 Å². The van der Waals surface area contributed by atoms with Gasteiger partial charge in [0, 0.05) is 16.1 Å². The van der Waals surface area contributed by atoms with Gasteiger partial charge in [-0.05, 0) is 36.2 Å². The first-order valence-corrected chi connectivity index (χ1v) is 6.89. The second-order valence-electron chi connectivity index (χ2n) is 4.34. The fraction of sp³-hybridized carbons (Fsp3) is 0.143. The first kappa shape index (κ1) is 15.4. The van der Waals surface area contributed by atoms with Gasteiger partial charge in [-0.15, -0.1) is 0 Å². The molecule has 0 radical (unpaired) electrons. The van der Waals surface area contributed by atoms with E-state index in [1.807, 2.05) is 0 Å². The van der Waals surface area contributed by atoms with E-state index in [0.717, 1.165) is 12.1 Å². The zero-order valence-corrected chi connectivity index (χ0v) is 12.5. The third kappa shape index (κ3) is 3.34. The van der Waals surface area contributed by atoms with Crippen LogP contribution in [0.5, 0.6) is 0 Å². The van der Waals surface area contributed by atoms with Crippen molar-refractivity contribution < 1.29 is 13.2 Å². The molecule has 6 heteroatoms. The molecule has 106 valence electrons. The Bertz CT molecular complexity index is 625. The average molecular weight is 365 g/mol. The Balaban J connectivity index is 2.28. The van der Waals surface area contributed by atoms with Crippen molar-refractivity contribution in [2.75, 3.05) is 0 Å². The second kappa shape index (κ2) is 6.16. The first-order valence-electron chi connectivity index (χ1n) is 5.72. The van der Waals surface area contributed by atoms with Crippen LogP contribution in [0.25, 0.3) is 0 Å². The highest BCUT2D eigenvalue weighted by molar-refractivity contribution is 9.10. The summed E-state index contributed by atoms with van der Waals surface area (Å²) < 4.78 is 40.9. The molecule has 0 bridgehead atoms. The summed E-state index contributed by atoms with van der Waals surface area (Å²) in [5.74, 6) is -2.00. The maximum absolute atomic E-state index is 13.8. The highest BCUT2D eigenvalue weighted by atomic mass is 79.9. The molecule has 2 aromatic rings. The second-order valence-corrected chi connectivity index (χ2v) is 5.67. The molecule has 0 saturated heterocycles. The van der Waals surface area contributed by atoms with Crippen LogP contribution < -0.4 is 5.73 Å². The fourth-order valence-corrected chi connectivity index (χ4v) is 2.54. The summed E-state index contributed by atoms with van der Waals surface area (Å²) in [5, 5.41) is -0.0496. The molecular weight excluding hydrogens is 355 g/mol. The standard InChI is InChI=1S/C14H10BrClF3N/c15-8-5-11(18)14(12(19)6-8)13(20)4-7-1-2-10(17)9(16)3-7/h1-3,5-6,13H,4,20H2. The molecule has 0 aromatic heterocycles. The molecule has 0 heterocycles. The minimum Gasteiger partial charge on any atom is -0.323 e. The molecule has 0 saturated carbocycles. The lowest BCUT2D eigenvalue weighted by atomic mass is 9.99. The number of nitrogens with two attached hydrogens (primary N) is 1. The quantitative estimate of drug-likeness (QED) is 0.835. The summed E-state index contributed by atoms with van der Waals surface area (Å²) in [7, 11) is 0. The molecule has 0 aliphatic carbocycles. The molecule has 2 rings (SSSR count). The summed E-state index contributed by atoms with van der Waals surface area (Å²) in [6.45, 7) is 0. The molecule has 0 amide bonds. The van der Waals surface area contributed by atoms with E-state index in [1.165, 1.54) is 18.2 Å². The van der Waals surface area contributed by atoms with Crippen molar-refractivity contribution in [3.05, 3.63) is 68.4 Å². The highest BCUT2D eigenvalue weighted by Crippen LogP contribution is 2.27. The van der Waals surface area contributed by atoms with Crippen LogP contribution in [-0.2, 0) is 6.42 Å². The van der Waals surface area contributed by atoms with Crippen LogP contribution in [0, 0.1) is 17.5 Å². The van der Waals surface area contributed by atoms with Crippen LogP contribution in [0.15, 0.2) is 34.8 Å². The monoisotopic (exact) mass is 363 g/mol. The summed E-state index contributed by atoms with van der Waals surface area (Å²) in [4.78, 5) is 0. The number of benzene rings is 2. The molecule has 1 unspecified atom stereocenters. The minimum atomic E-state index is -0.885. The van der Waals surface area contributed by atoms with Gasteiger partial charge in [0.15, 0.2) is 0 Å². The third-order valence-corrected chi connectivity index (χ3v) is 3.60. The van der Waals surface area contributed by atoms with Crippen molar-refractivity contribution >= 4 is 27.5 Å². The Morgan fingerprint density at radius 3 is 2.20 bits per heavy atom. The SMILES string of the molecule is NC(Cc1ccc(F)c(Cl)c1)c1c(F)cc(Br)cc1F. The van der Waals surface area contributed by atoms with Gasteiger partial charge in [0.1, 0.15) is 17.5 Å². The minimum absolute atomic E-state index is 0.0496. The lowest BCUT2D eigenvalue weighted by Gasteiger charge is -2.14. The van der Waals surface area contributed by atoms with Gasteiger partial charge in [0.2, 0.25) is 0 Å². The zero-order chi connectivity index (χ0) is 14.9. The normalized spacial score (nSPS) is 12.5. The van der Waals surface area contributed by atoms with E-state index < -0.39 is 23.5 Å². The van der Waals surface area contributed by atoms with Gasteiger partial charge in [0.25, 0.3) is 0 Å². The highest BCUT2D eigenvalue weighted by Gasteiger charge is 2.18. The molecule has 20 heavy (non-hydrogen) atoms. The molecule has 0 aliphatic rings. The van der Waals surface area contributed by atoms with Gasteiger partial charge < -0.3 is 5.73 Å². The molecule has 2 aromatic carbocycles. The van der Waals surface area contributed by atoms with Crippen molar-refractivity contribution in [1.82, 2.24) is 0 Å². The van der Waals surface area contributed by atoms with E-state index in [-0.39, 0.29) is 17.0 Å². The molecule has 0 spiro atoms. The largest absolute Gasteiger partial charge is 0.323 e. The van der Waals surface area contributed by atoms with E-state index in [2.05, 4.69) is 15.9 Å². The Morgan fingerprint density at radius 2 is 1.65 bits per heavy atom. The summed E-state index contributed by atoms with van der Waals surface area (Å²) in [5.41, 5.74) is 6.24. The topological polar surface area (TPSA) is 26.0 Å². The molecule has 2 N–H and O–H groups in total. The van der Waals surface area contributed by atoms with Gasteiger partial charge in [-0.25, -0.2) is 13.2 Å². The van der Waals surface area contributed by atoms with Crippen LogP contribution in [-0.4, -0.2) is 0 Å². The van der Waals surface area contributed by atoms with Crippen LogP contribution in [0.4, 0.5) is 13.2 Å². The summed E-state index contributed by atoms with van der Waals surface area (Å²) in [6, 6.07) is 5.48. The summed E-state index contributed by atoms with van der Waals surface area (Å²) >= 11 is 8.66. The predicted molar refractivity (Wildman–Crippen MR) is 76.1 cm³/mol. The van der Waals surface area contributed by atoms with E-state index in [9.17, 15) is 13.2 Å². The molecule has 1 atom stereocenters. The van der Waals surface area contributed by atoms with Gasteiger partial charge in [-0.1, -0.05) is 33.6 Å². The lowest BCUT2D eigenvalue weighted by Crippen LogP contribution is -2.17. The van der Waals surface area contributed by atoms with Crippen molar-refractivity contribution in [3.8, 4) is 0 Å². The van der Waals surface area contributed by atoms with Crippen LogP contribution in [0.2, 0.25) is 5.02 Å². The molecule has 0 fully saturated rings. The summed E-state index contributed by atoms with van der Waals surface area (Å²) in [6.07, 6.45) is 0.148. The Hall–Kier alpha value is -1.04. The Morgan fingerprint density at radius 1 is 1.05 bits per heavy atom. The maximum Gasteiger partial charge on any atom is 0.141 e. The third-order valence-electron chi connectivity index (χ3n) is 2.85. The van der Waals surface area contributed by atoms with E-state index in [0.29, 0.717) is 10.0 Å². The predicted octanol–water partition coefficient (Wildman–Crippen LogP) is 4.76. The van der Waals surface area contributed by atoms with E-state index in [4.69, 9.17) is 17.3 Å². The Kier molecular flexibility index (Phi) is 4.73. The number of hydrogen-bond acceptors (Lipinski definition) is 1. The van der Waals surface area contributed by atoms with Gasteiger partial charge in [0.05, 0.1) is 5.02 Å². The van der Waals surface area contributed by atoms with E-state index in [1.54, 1.807) is 0 Å². The fourth-order valence-electron chi connectivity index (χ4n) is 1.93. The van der Waals surface area contributed by atoms with Crippen LogP contribution >= 0.6 is 27.5 Å². The van der Waals surface area contributed by atoms with Crippen molar-refractivity contribution in [1.29, 1.82) is 0 Å². The van der Waals surface area contributed by atoms with Crippen molar-refractivity contribution in [2.24, 2.45) is 5.73 Å². The number of hydrogen-bond donors (Lipinski definition) is 1. The smallest absolute Gasteiger partial charge is 0.141 e. The first-order chi connectivity index (χ1) is 9.38. The molecular formula is C14H10BrClF3N. The molecule has 0 aliphatic heterocycles. The number of halogens is 5. The van der Waals surface area contributed by atoms with Gasteiger partial charge in [-0.3, -0.25) is 0 Å². The van der Waals surface area contributed by atoms with Crippen molar-refractivity contribution in [3.63, 3.8) is 0 Å². The molecule has 1 nitrogen and oxygen atoms in total. The van der Waals surface area contributed by atoms with Gasteiger partial charge >= 0.3 is 0 Å². The zero-order valence-electron chi connectivity index (χ0n) is 10.1. The Labute approximate surface area is 127 Å². The average Bonchev–Trinajstić information content (AvgIpc) is 2.32. The van der Waals surface area contributed by atoms with E-state index >= 15 is 0 Å². The number of rotatable bonds is 3. The lowest BCUT2D eigenvalue weighted by molar-refractivity contribution is 0.523.